The van der Waals surface area contributed by atoms with E-state index in [1.807, 2.05) is 59.5 Å². The Balaban J connectivity index is 1.46. The first-order chi connectivity index (χ1) is 13.7. The van der Waals surface area contributed by atoms with Gasteiger partial charge in [-0.1, -0.05) is 42.5 Å². The van der Waals surface area contributed by atoms with Crippen molar-refractivity contribution in [1.29, 1.82) is 5.26 Å². The van der Waals surface area contributed by atoms with E-state index in [2.05, 4.69) is 11.1 Å². The monoisotopic (exact) mass is 373 g/mol. The molecule has 2 atom stereocenters. The standard InChI is InChI=1S/C23H23N3O2/c24-13-12-18(17-7-2-1-3-8-17)15-22(27)26-14-6-9-19(16-26)23-25-20-10-4-5-11-21(20)28-23/h1-5,7-8,10-11,18-19H,6,9,12,14-16H2/t18-,19+/m0/s1. The van der Waals surface area contributed by atoms with Crippen LogP contribution in [0.5, 0.6) is 0 Å². The van der Waals surface area contributed by atoms with Gasteiger partial charge in [0.05, 0.1) is 12.0 Å². The Hall–Kier alpha value is -3.13. The van der Waals surface area contributed by atoms with Gasteiger partial charge in [-0.05, 0) is 30.5 Å². The van der Waals surface area contributed by atoms with E-state index in [1.54, 1.807) is 0 Å². The number of carbonyl (C=O) groups excluding carboxylic acids is 1. The third-order valence-corrected chi connectivity index (χ3v) is 5.46. The first-order valence-electron chi connectivity index (χ1n) is 9.79. The number of hydrogen-bond acceptors (Lipinski definition) is 4. The van der Waals surface area contributed by atoms with Crippen LogP contribution in [0.3, 0.4) is 0 Å². The molecule has 0 N–H and O–H groups in total. The van der Waals surface area contributed by atoms with E-state index in [9.17, 15) is 10.1 Å². The second-order valence-electron chi connectivity index (χ2n) is 7.37. The van der Waals surface area contributed by atoms with E-state index in [4.69, 9.17) is 4.42 Å². The highest BCUT2D eigenvalue weighted by molar-refractivity contribution is 5.77. The summed E-state index contributed by atoms with van der Waals surface area (Å²) < 4.78 is 5.93. The van der Waals surface area contributed by atoms with Gasteiger partial charge in [0, 0.05) is 31.8 Å². The van der Waals surface area contributed by atoms with Crippen LogP contribution in [0.1, 0.15) is 49.0 Å². The van der Waals surface area contributed by atoms with E-state index in [1.165, 1.54) is 0 Å². The quantitative estimate of drug-likeness (QED) is 0.654. The summed E-state index contributed by atoms with van der Waals surface area (Å²) in [5.74, 6) is 0.875. The van der Waals surface area contributed by atoms with E-state index in [0.717, 1.165) is 41.9 Å². The molecular weight excluding hydrogens is 350 g/mol. The van der Waals surface area contributed by atoms with Crippen molar-refractivity contribution < 1.29 is 9.21 Å². The summed E-state index contributed by atoms with van der Waals surface area (Å²) in [6.45, 7) is 1.38. The van der Waals surface area contributed by atoms with E-state index < -0.39 is 0 Å². The van der Waals surface area contributed by atoms with Crippen molar-refractivity contribution in [3.05, 3.63) is 66.1 Å². The number of piperidine rings is 1. The fraction of sp³-hybridized carbons (Fsp3) is 0.348. The predicted octanol–water partition coefficient (Wildman–Crippen LogP) is 4.62. The van der Waals surface area contributed by atoms with Crippen molar-refractivity contribution in [2.24, 2.45) is 0 Å². The molecule has 1 aliphatic heterocycles. The number of amides is 1. The molecule has 2 aromatic carbocycles. The maximum atomic E-state index is 13.0. The topological polar surface area (TPSA) is 70.1 Å². The average Bonchev–Trinajstić information content (AvgIpc) is 3.18. The van der Waals surface area contributed by atoms with Crippen LogP contribution in [0.15, 0.2) is 59.0 Å². The van der Waals surface area contributed by atoms with Gasteiger partial charge in [-0.2, -0.15) is 5.26 Å². The molecular formula is C23H23N3O2. The van der Waals surface area contributed by atoms with Gasteiger partial charge in [-0.3, -0.25) is 4.79 Å². The molecule has 2 heterocycles. The summed E-state index contributed by atoms with van der Waals surface area (Å²) in [4.78, 5) is 19.5. The molecule has 0 spiro atoms. The van der Waals surface area contributed by atoms with Crippen molar-refractivity contribution in [3.63, 3.8) is 0 Å². The van der Waals surface area contributed by atoms with Crippen LogP contribution in [0.4, 0.5) is 0 Å². The van der Waals surface area contributed by atoms with E-state index >= 15 is 0 Å². The fourth-order valence-corrected chi connectivity index (χ4v) is 3.95. The maximum Gasteiger partial charge on any atom is 0.223 e. The Bertz CT molecular complexity index is 957. The number of rotatable bonds is 5. The number of oxazole rings is 1. The minimum Gasteiger partial charge on any atom is -0.440 e. The number of likely N-dealkylation sites (tertiary alicyclic amines) is 1. The molecule has 142 valence electrons. The molecule has 28 heavy (non-hydrogen) atoms. The minimum absolute atomic E-state index is 0.0663. The molecule has 1 aliphatic rings. The highest BCUT2D eigenvalue weighted by Gasteiger charge is 2.29. The zero-order chi connectivity index (χ0) is 19.3. The van der Waals surface area contributed by atoms with Crippen LogP contribution in [0.2, 0.25) is 0 Å². The number of aromatic nitrogens is 1. The Morgan fingerprint density at radius 2 is 2.00 bits per heavy atom. The maximum absolute atomic E-state index is 13.0. The van der Waals surface area contributed by atoms with Gasteiger partial charge in [-0.25, -0.2) is 4.98 Å². The van der Waals surface area contributed by atoms with Crippen molar-refractivity contribution >= 4 is 17.0 Å². The van der Waals surface area contributed by atoms with Crippen molar-refractivity contribution in [1.82, 2.24) is 9.88 Å². The number of benzene rings is 2. The molecule has 5 nitrogen and oxygen atoms in total. The normalized spacial score (nSPS) is 18.0. The van der Waals surface area contributed by atoms with Gasteiger partial charge in [-0.15, -0.1) is 0 Å². The number of carbonyl (C=O) groups is 1. The summed E-state index contributed by atoms with van der Waals surface area (Å²) >= 11 is 0. The third-order valence-electron chi connectivity index (χ3n) is 5.46. The number of hydrogen-bond donors (Lipinski definition) is 0. The van der Waals surface area contributed by atoms with Gasteiger partial charge in [0.15, 0.2) is 11.5 Å². The first-order valence-corrected chi connectivity index (χ1v) is 9.79. The number of para-hydroxylation sites is 2. The molecule has 1 fully saturated rings. The van der Waals surface area contributed by atoms with Gasteiger partial charge >= 0.3 is 0 Å². The first kappa shape index (κ1) is 18.2. The van der Waals surface area contributed by atoms with Gasteiger partial charge in [0.1, 0.15) is 5.52 Å². The molecule has 0 saturated carbocycles. The molecule has 0 unspecified atom stereocenters. The molecule has 0 radical (unpaired) electrons. The number of fused-ring (bicyclic) bond motifs is 1. The Kier molecular flexibility index (Phi) is 5.38. The second kappa shape index (κ2) is 8.26. The minimum atomic E-state index is -0.0663. The van der Waals surface area contributed by atoms with Gasteiger partial charge in [0.25, 0.3) is 0 Å². The molecule has 0 aliphatic carbocycles. The number of nitrogens with zero attached hydrogens (tertiary/aromatic N) is 3. The zero-order valence-corrected chi connectivity index (χ0v) is 15.8. The average molecular weight is 373 g/mol. The molecule has 0 bridgehead atoms. The Labute approximate surface area is 164 Å². The SMILES string of the molecule is N#CC[C@@H](CC(=O)N1CCC[C@@H](c2nc3ccccc3o2)C1)c1ccccc1. The molecule has 4 rings (SSSR count). The van der Waals surface area contributed by atoms with Crippen molar-refractivity contribution in [2.45, 2.75) is 37.5 Å². The largest absolute Gasteiger partial charge is 0.440 e. The van der Waals surface area contributed by atoms with Crippen molar-refractivity contribution in [3.8, 4) is 6.07 Å². The fourth-order valence-electron chi connectivity index (χ4n) is 3.95. The summed E-state index contributed by atoms with van der Waals surface area (Å²) in [5, 5.41) is 9.19. The lowest BCUT2D eigenvalue weighted by Gasteiger charge is -2.32. The summed E-state index contributed by atoms with van der Waals surface area (Å²) in [7, 11) is 0. The van der Waals surface area contributed by atoms with Crippen LogP contribution in [0.25, 0.3) is 11.1 Å². The molecule has 1 saturated heterocycles. The molecule has 1 aromatic heterocycles. The number of nitriles is 1. The zero-order valence-electron chi connectivity index (χ0n) is 15.8. The molecule has 1 amide bonds. The van der Waals surface area contributed by atoms with Crippen LogP contribution >= 0.6 is 0 Å². The second-order valence-corrected chi connectivity index (χ2v) is 7.37. The Morgan fingerprint density at radius 1 is 1.21 bits per heavy atom. The van der Waals surface area contributed by atoms with E-state index in [-0.39, 0.29) is 17.7 Å². The predicted molar refractivity (Wildman–Crippen MR) is 107 cm³/mol. The molecule has 3 aromatic rings. The summed E-state index contributed by atoms with van der Waals surface area (Å²) in [5.41, 5.74) is 2.70. The van der Waals surface area contributed by atoms with Crippen molar-refractivity contribution in [2.75, 3.05) is 13.1 Å². The van der Waals surface area contributed by atoms with Crippen LogP contribution in [-0.2, 0) is 4.79 Å². The smallest absolute Gasteiger partial charge is 0.223 e. The lowest BCUT2D eigenvalue weighted by Crippen LogP contribution is -2.39. The van der Waals surface area contributed by atoms with E-state index in [0.29, 0.717) is 19.4 Å². The van der Waals surface area contributed by atoms with Crippen LogP contribution in [-0.4, -0.2) is 28.9 Å². The summed E-state index contributed by atoms with van der Waals surface area (Å²) in [6.07, 6.45) is 2.61. The molecule has 5 heteroatoms. The van der Waals surface area contributed by atoms with Crippen LogP contribution in [0, 0.1) is 11.3 Å². The highest BCUT2D eigenvalue weighted by atomic mass is 16.3. The van der Waals surface area contributed by atoms with Gasteiger partial charge < -0.3 is 9.32 Å². The lowest BCUT2D eigenvalue weighted by molar-refractivity contribution is -0.132. The van der Waals surface area contributed by atoms with Crippen LogP contribution < -0.4 is 0 Å². The van der Waals surface area contributed by atoms with Gasteiger partial charge in [0.2, 0.25) is 5.91 Å². The summed E-state index contributed by atoms with van der Waals surface area (Å²) in [6, 6.07) is 19.8. The Morgan fingerprint density at radius 3 is 2.79 bits per heavy atom. The lowest BCUT2D eigenvalue weighted by atomic mass is 9.91. The highest BCUT2D eigenvalue weighted by Crippen LogP contribution is 2.31. The third kappa shape index (κ3) is 3.91.